The normalized spacial score (nSPS) is 9.86. The third kappa shape index (κ3) is 5.21. The summed E-state index contributed by atoms with van der Waals surface area (Å²) in [6.45, 7) is 1.82. The maximum Gasteiger partial charge on any atom is 0.241 e. The predicted molar refractivity (Wildman–Crippen MR) is 28.3 cm³/mol. The zero-order valence-electron chi connectivity index (χ0n) is 4.22. The van der Waals surface area contributed by atoms with E-state index in [1.165, 1.54) is 6.08 Å². The largest absolute Gasteiger partial charge is 0.366 e. The third-order valence-corrected chi connectivity index (χ3v) is 0.453. The van der Waals surface area contributed by atoms with Crippen LogP contribution >= 0.6 is 0 Å². The second-order valence-electron chi connectivity index (χ2n) is 1.09. The van der Waals surface area contributed by atoms with Crippen LogP contribution in [-0.4, -0.2) is 5.91 Å². The van der Waals surface area contributed by atoms with E-state index in [1.807, 2.05) is 6.92 Å². The van der Waals surface area contributed by atoms with Gasteiger partial charge in [-0.1, -0.05) is 13.0 Å². The Hall–Kier alpha value is -0.790. The van der Waals surface area contributed by atoms with Crippen molar-refractivity contribution in [3.8, 4) is 0 Å². The number of rotatable bonds is 2. The highest BCUT2D eigenvalue weighted by molar-refractivity contribution is 5.85. The SMILES string of the molecule is C[CH]/C=C/C(N)=O. The Morgan fingerprint density at radius 3 is 2.43 bits per heavy atom. The Morgan fingerprint density at radius 2 is 2.29 bits per heavy atom. The van der Waals surface area contributed by atoms with Gasteiger partial charge >= 0.3 is 0 Å². The van der Waals surface area contributed by atoms with Gasteiger partial charge in [0.25, 0.3) is 0 Å². The summed E-state index contributed by atoms with van der Waals surface area (Å²) in [6, 6.07) is 0. The molecule has 0 aliphatic carbocycles. The van der Waals surface area contributed by atoms with E-state index in [1.54, 1.807) is 12.5 Å². The van der Waals surface area contributed by atoms with Crippen molar-refractivity contribution in [3.05, 3.63) is 18.6 Å². The first kappa shape index (κ1) is 6.21. The van der Waals surface area contributed by atoms with Gasteiger partial charge in [0.1, 0.15) is 0 Å². The van der Waals surface area contributed by atoms with Crippen molar-refractivity contribution in [1.82, 2.24) is 0 Å². The Morgan fingerprint density at radius 1 is 1.71 bits per heavy atom. The Kier molecular flexibility index (Phi) is 3.02. The summed E-state index contributed by atoms with van der Waals surface area (Å²) in [5, 5.41) is 0. The van der Waals surface area contributed by atoms with Crippen LogP contribution in [0.3, 0.4) is 0 Å². The summed E-state index contributed by atoms with van der Waals surface area (Å²) < 4.78 is 0. The molecule has 0 aromatic rings. The van der Waals surface area contributed by atoms with Crippen LogP contribution in [0.4, 0.5) is 0 Å². The van der Waals surface area contributed by atoms with Gasteiger partial charge in [-0.2, -0.15) is 0 Å². The number of carbonyl (C=O) groups is 1. The molecular weight excluding hydrogens is 90.1 g/mol. The van der Waals surface area contributed by atoms with E-state index in [2.05, 4.69) is 0 Å². The van der Waals surface area contributed by atoms with Crippen molar-refractivity contribution in [1.29, 1.82) is 0 Å². The third-order valence-electron chi connectivity index (χ3n) is 0.453. The van der Waals surface area contributed by atoms with Crippen LogP contribution in [0.1, 0.15) is 6.92 Å². The standard InChI is InChI=1S/C5H8NO/c1-2-3-4-5(6)7/h2-4H,1H3,(H2,6,7)/b4-3+. The molecule has 2 nitrogen and oxygen atoms in total. The molecule has 1 amide bonds. The number of carbonyl (C=O) groups excluding carboxylic acids is 1. The van der Waals surface area contributed by atoms with Gasteiger partial charge in [0.05, 0.1) is 0 Å². The first-order valence-electron chi connectivity index (χ1n) is 2.03. The molecule has 0 aromatic heterocycles. The first-order valence-corrected chi connectivity index (χ1v) is 2.03. The van der Waals surface area contributed by atoms with E-state index in [4.69, 9.17) is 5.73 Å². The maximum atomic E-state index is 9.87. The maximum absolute atomic E-state index is 9.87. The molecule has 1 radical (unpaired) electrons. The van der Waals surface area contributed by atoms with E-state index >= 15 is 0 Å². The van der Waals surface area contributed by atoms with Crippen LogP contribution in [0.5, 0.6) is 0 Å². The second kappa shape index (κ2) is 3.40. The number of hydrogen-bond donors (Lipinski definition) is 1. The number of amides is 1. The van der Waals surface area contributed by atoms with Gasteiger partial charge in [0.2, 0.25) is 5.91 Å². The van der Waals surface area contributed by atoms with Crippen LogP contribution in [0, 0.1) is 6.42 Å². The van der Waals surface area contributed by atoms with E-state index in [-0.39, 0.29) is 0 Å². The van der Waals surface area contributed by atoms with Crippen molar-refractivity contribution < 1.29 is 4.79 Å². The number of primary amides is 1. The molecule has 2 heteroatoms. The fourth-order valence-corrected chi connectivity index (χ4v) is 0.191. The van der Waals surface area contributed by atoms with Crippen molar-refractivity contribution in [2.24, 2.45) is 5.73 Å². The molecule has 7 heavy (non-hydrogen) atoms. The molecular formula is C5H8NO. The molecule has 0 heterocycles. The van der Waals surface area contributed by atoms with Crippen LogP contribution < -0.4 is 5.73 Å². The highest BCUT2D eigenvalue weighted by Crippen LogP contribution is 1.73. The monoisotopic (exact) mass is 98.1 g/mol. The van der Waals surface area contributed by atoms with Gasteiger partial charge in [-0.25, -0.2) is 0 Å². The summed E-state index contributed by atoms with van der Waals surface area (Å²) in [5.74, 6) is -0.405. The quantitative estimate of drug-likeness (QED) is 0.494. The highest BCUT2D eigenvalue weighted by atomic mass is 16.1. The van der Waals surface area contributed by atoms with Gasteiger partial charge in [-0.3, -0.25) is 4.79 Å². The highest BCUT2D eigenvalue weighted by Gasteiger charge is 1.76. The number of hydrogen-bond acceptors (Lipinski definition) is 1. The molecule has 39 valence electrons. The molecule has 0 rings (SSSR count). The lowest BCUT2D eigenvalue weighted by Crippen LogP contribution is -2.04. The van der Waals surface area contributed by atoms with Crippen molar-refractivity contribution >= 4 is 5.91 Å². The van der Waals surface area contributed by atoms with Crippen LogP contribution in [0.15, 0.2) is 12.2 Å². The minimum Gasteiger partial charge on any atom is -0.366 e. The van der Waals surface area contributed by atoms with E-state index in [0.717, 1.165) is 0 Å². The Bertz CT molecular complexity index is 86.1. The first-order chi connectivity index (χ1) is 3.27. The molecule has 0 unspecified atom stereocenters. The van der Waals surface area contributed by atoms with E-state index in [9.17, 15) is 4.79 Å². The van der Waals surface area contributed by atoms with Gasteiger partial charge in [-0.05, 0) is 12.5 Å². The lowest BCUT2D eigenvalue weighted by molar-refractivity contribution is -0.113. The van der Waals surface area contributed by atoms with Crippen molar-refractivity contribution in [3.63, 3.8) is 0 Å². The zero-order chi connectivity index (χ0) is 5.70. The van der Waals surface area contributed by atoms with E-state index < -0.39 is 5.91 Å². The molecule has 0 saturated carbocycles. The summed E-state index contributed by atoms with van der Waals surface area (Å²) in [7, 11) is 0. The van der Waals surface area contributed by atoms with Crippen molar-refractivity contribution in [2.75, 3.05) is 0 Å². The number of allylic oxidation sites excluding steroid dienone is 1. The van der Waals surface area contributed by atoms with E-state index in [0.29, 0.717) is 0 Å². The van der Waals surface area contributed by atoms with Gasteiger partial charge in [0.15, 0.2) is 0 Å². The van der Waals surface area contributed by atoms with Crippen LogP contribution in [-0.2, 0) is 4.79 Å². The van der Waals surface area contributed by atoms with Crippen LogP contribution in [0.25, 0.3) is 0 Å². The molecule has 0 bridgehead atoms. The summed E-state index contributed by atoms with van der Waals surface area (Å²) in [4.78, 5) is 9.87. The Labute approximate surface area is 43.0 Å². The molecule has 0 fully saturated rings. The van der Waals surface area contributed by atoms with Crippen molar-refractivity contribution in [2.45, 2.75) is 6.92 Å². The Balaban J connectivity index is 3.26. The lowest BCUT2D eigenvalue weighted by atomic mass is 10.4. The summed E-state index contributed by atoms with van der Waals surface area (Å²) in [5.41, 5.74) is 4.73. The lowest BCUT2D eigenvalue weighted by Gasteiger charge is -1.74. The van der Waals surface area contributed by atoms with Gasteiger partial charge in [0, 0.05) is 0 Å². The molecule has 0 spiro atoms. The molecule has 0 saturated heterocycles. The summed E-state index contributed by atoms with van der Waals surface area (Å²) >= 11 is 0. The molecule has 0 aliphatic heterocycles. The molecule has 0 atom stereocenters. The topological polar surface area (TPSA) is 43.1 Å². The predicted octanol–water partition coefficient (Wildman–Crippen LogP) is 0.252. The van der Waals surface area contributed by atoms with Crippen LogP contribution in [0.2, 0.25) is 0 Å². The minimum absolute atomic E-state index is 0.405. The van der Waals surface area contributed by atoms with Gasteiger partial charge in [-0.15, -0.1) is 0 Å². The molecule has 0 aromatic carbocycles. The molecule has 2 N–H and O–H groups in total. The smallest absolute Gasteiger partial charge is 0.241 e. The molecule has 0 aliphatic rings. The second-order valence-corrected chi connectivity index (χ2v) is 1.09. The fourth-order valence-electron chi connectivity index (χ4n) is 0.191. The summed E-state index contributed by atoms with van der Waals surface area (Å²) in [6.07, 6.45) is 4.65. The minimum atomic E-state index is -0.405. The average Bonchev–Trinajstić information content (AvgIpc) is 1.61. The fraction of sp³-hybridized carbons (Fsp3) is 0.200. The average molecular weight is 98.1 g/mol. The van der Waals surface area contributed by atoms with Gasteiger partial charge < -0.3 is 5.73 Å². The zero-order valence-corrected chi connectivity index (χ0v) is 4.22. The number of nitrogens with two attached hydrogens (primary N) is 1.